The summed E-state index contributed by atoms with van der Waals surface area (Å²) < 4.78 is 0.961. The third kappa shape index (κ3) is 4.76. The summed E-state index contributed by atoms with van der Waals surface area (Å²) in [6.07, 6.45) is 0. The molecule has 1 saturated heterocycles. The second kappa shape index (κ2) is 8.71. The van der Waals surface area contributed by atoms with Crippen LogP contribution in [0.5, 0.6) is 0 Å². The minimum absolute atomic E-state index is 0.0516. The number of carbonyl (C=O) groups is 2. The maximum Gasteiger partial charge on any atom is 0.255 e. The number of halogens is 1. The summed E-state index contributed by atoms with van der Waals surface area (Å²) in [5, 5.41) is 0. The zero-order valence-corrected chi connectivity index (χ0v) is 16.7. The van der Waals surface area contributed by atoms with Crippen LogP contribution in [0, 0.1) is 3.57 Å². The summed E-state index contributed by atoms with van der Waals surface area (Å²) in [5.74, 6) is 0.625. The van der Waals surface area contributed by atoms with Gasteiger partial charge >= 0.3 is 0 Å². The molecule has 1 fully saturated rings. The van der Waals surface area contributed by atoms with Gasteiger partial charge in [-0.05, 0) is 46.9 Å². The van der Waals surface area contributed by atoms with Crippen molar-refractivity contribution in [1.82, 2.24) is 9.80 Å². The van der Waals surface area contributed by atoms with Crippen LogP contribution in [0.15, 0.2) is 59.5 Å². The van der Waals surface area contributed by atoms with E-state index < -0.39 is 0 Å². The molecule has 0 aromatic heterocycles. The Labute approximate surface area is 165 Å². The summed E-state index contributed by atoms with van der Waals surface area (Å²) in [6, 6.07) is 17.6. The average molecular weight is 466 g/mol. The number of amides is 2. The first-order valence-electron chi connectivity index (χ1n) is 8.14. The van der Waals surface area contributed by atoms with Crippen molar-refractivity contribution < 1.29 is 9.59 Å². The second-order valence-corrected chi connectivity index (χ2v) is 7.97. The number of thioether (sulfide) groups is 1. The first-order valence-corrected chi connectivity index (χ1v) is 10.2. The molecule has 0 saturated carbocycles. The molecule has 2 amide bonds. The lowest BCUT2D eigenvalue weighted by Gasteiger charge is -2.35. The van der Waals surface area contributed by atoms with Gasteiger partial charge in [-0.2, -0.15) is 0 Å². The predicted molar refractivity (Wildman–Crippen MR) is 109 cm³/mol. The smallest absolute Gasteiger partial charge is 0.255 e. The lowest BCUT2D eigenvalue weighted by atomic mass is 10.2. The van der Waals surface area contributed by atoms with E-state index in [4.69, 9.17) is 0 Å². The van der Waals surface area contributed by atoms with Gasteiger partial charge in [0.1, 0.15) is 0 Å². The average Bonchev–Trinajstić information content (AvgIpc) is 2.67. The number of rotatable bonds is 4. The summed E-state index contributed by atoms with van der Waals surface area (Å²) in [7, 11) is 0. The number of hydrogen-bond acceptors (Lipinski definition) is 3. The summed E-state index contributed by atoms with van der Waals surface area (Å²) in [6.45, 7) is 2.38. The molecule has 1 aliphatic rings. The Morgan fingerprint density at radius 1 is 0.880 bits per heavy atom. The molecule has 25 heavy (non-hydrogen) atoms. The minimum atomic E-state index is 0.0516. The number of hydrogen-bond donors (Lipinski definition) is 0. The van der Waals surface area contributed by atoms with Crippen molar-refractivity contribution in [3.63, 3.8) is 0 Å². The Hall–Kier alpha value is -1.54. The Balaban J connectivity index is 1.50. The molecule has 1 aliphatic heterocycles. The molecule has 0 aliphatic carbocycles. The van der Waals surface area contributed by atoms with Crippen LogP contribution in [0.3, 0.4) is 0 Å². The first kappa shape index (κ1) is 18.3. The van der Waals surface area contributed by atoms with Gasteiger partial charge in [-0.1, -0.05) is 30.3 Å². The van der Waals surface area contributed by atoms with Crippen LogP contribution in [0.25, 0.3) is 0 Å². The molecule has 0 unspecified atom stereocenters. The molecule has 3 rings (SSSR count). The molecule has 0 spiro atoms. The fourth-order valence-corrected chi connectivity index (χ4v) is 4.16. The summed E-state index contributed by atoms with van der Waals surface area (Å²) in [5.41, 5.74) is 0.738. The number of nitrogens with zero attached hydrogens (tertiary/aromatic N) is 2. The highest BCUT2D eigenvalue weighted by Crippen LogP contribution is 2.19. The van der Waals surface area contributed by atoms with Gasteiger partial charge in [0.2, 0.25) is 5.91 Å². The van der Waals surface area contributed by atoms with E-state index in [0.717, 1.165) is 14.0 Å². The Kier molecular flexibility index (Phi) is 6.36. The zero-order valence-electron chi connectivity index (χ0n) is 13.7. The van der Waals surface area contributed by atoms with Gasteiger partial charge in [0.05, 0.1) is 11.3 Å². The van der Waals surface area contributed by atoms with Gasteiger partial charge in [-0.3, -0.25) is 9.59 Å². The summed E-state index contributed by atoms with van der Waals surface area (Å²) >= 11 is 3.74. The largest absolute Gasteiger partial charge is 0.338 e. The third-order valence-corrected chi connectivity index (χ3v) is 6.07. The maximum absolute atomic E-state index is 12.6. The fourth-order valence-electron chi connectivity index (χ4n) is 2.72. The topological polar surface area (TPSA) is 40.6 Å². The quantitative estimate of drug-likeness (QED) is 0.513. The van der Waals surface area contributed by atoms with Crippen molar-refractivity contribution in [3.05, 3.63) is 63.7 Å². The molecule has 0 bridgehead atoms. The van der Waals surface area contributed by atoms with E-state index in [1.54, 1.807) is 11.8 Å². The highest BCUT2D eigenvalue weighted by atomic mass is 127. The zero-order chi connectivity index (χ0) is 17.6. The van der Waals surface area contributed by atoms with Crippen LogP contribution in [-0.2, 0) is 4.79 Å². The Morgan fingerprint density at radius 2 is 1.48 bits per heavy atom. The minimum Gasteiger partial charge on any atom is -0.338 e. The molecule has 0 radical (unpaired) electrons. The van der Waals surface area contributed by atoms with Crippen LogP contribution in [0.4, 0.5) is 0 Å². The standard InChI is InChI=1S/C19H19IN2O2S/c20-17-9-5-4-8-16(17)19(24)22-12-10-21(11-13-22)18(23)14-25-15-6-2-1-3-7-15/h1-9H,10-14H2. The van der Waals surface area contributed by atoms with Gasteiger partial charge in [0.15, 0.2) is 0 Å². The van der Waals surface area contributed by atoms with E-state index >= 15 is 0 Å². The monoisotopic (exact) mass is 466 g/mol. The molecule has 130 valence electrons. The number of benzene rings is 2. The van der Waals surface area contributed by atoms with E-state index in [1.165, 1.54) is 0 Å². The predicted octanol–water partition coefficient (Wildman–Crippen LogP) is 3.37. The Bertz CT molecular complexity index is 746. The van der Waals surface area contributed by atoms with Gasteiger partial charge in [-0.15, -0.1) is 11.8 Å². The van der Waals surface area contributed by atoms with Crippen molar-refractivity contribution in [2.45, 2.75) is 4.90 Å². The van der Waals surface area contributed by atoms with E-state index in [9.17, 15) is 9.59 Å². The number of carbonyl (C=O) groups excluding carboxylic acids is 2. The molecular formula is C19H19IN2O2S. The van der Waals surface area contributed by atoms with Gasteiger partial charge < -0.3 is 9.80 Å². The van der Waals surface area contributed by atoms with Gasteiger partial charge in [0, 0.05) is 34.6 Å². The van der Waals surface area contributed by atoms with Crippen LogP contribution < -0.4 is 0 Å². The van der Waals surface area contributed by atoms with Crippen LogP contribution in [0.2, 0.25) is 0 Å². The molecule has 2 aromatic rings. The van der Waals surface area contributed by atoms with Crippen LogP contribution in [-0.4, -0.2) is 53.5 Å². The van der Waals surface area contributed by atoms with E-state index in [-0.39, 0.29) is 11.8 Å². The molecule has 0 atom stereocenters. The molecule has 1 heterocycles. The van der Waals surface area contributed by atoms with Gasteiger partial charge in [0.25, 0.3) is 5.91 Å². The molecular weight excluding hydrogens is 447 g/mol. The molecule has 6 heteroatoms. The van der Waals surface area contributed by atoms with E-state index in [2.05, 4.69) is 22.6 Å². The van der Waals surface area contributed by atoms with Crippen molar-refractivity contribution in [1.29, 1.82) is 0 Å². The van der Waals surface area contributed by atoms with Crippen molar-refractivity contribution in [3.8, 4) is 0 Å². The highest BCUT2D eigenvalue weighted by molar-refractivity contribution is 14.1. The SMILES string of the molecule is O=C(CSc1ccccc1)N1CCN(C(=O)c2ccccc2I)CC1. The summed E-state index contributed by atoms with van der Waals surface area (Å²) in [4.78, 5) is 29.8. The maximum atomic E-state index is 12.6. The first-order chi connectivity index (χ1) is 12.1. The fraction of sp³-hybridized carbons (Fsp3) is 0.263. The van der Waals surface area contributed by atoms with E-state index in [1.807, 2.05) is 64.4 Å². The molecule has 4 nitrogen and oxygen atoms in total. The van der Waals surface area contributed by atoms with Crippen molar-refractivity contribution >= 4 is 46.2 Å². The second-order valence-electron chi connectivity index (χ2n) is 5.75. The van der Waals surface area contributed by atoms with Crippen LogP contribution in [0.1, 0.15) is 10.4 Å². The number of piperazine rings is 1. The van der Waals surface area contributed by atoms with E-state index in [0.29, 0.717) is 31.9 Å². The molecule has 2 aromatic carbocycles. The van der Waals surface area contributed by atoms with Gasteiger partial charge in [-0.25, -0.2) is 0 Å². The third-order valence-electron chi connectivity index (χ3n) is 4.13. The van der Waals surface area contributed by atoms with Crippen molar-refractivity contribution in [2.75, 3.05) is 31.9 Å². The lowest BCUT2D eigenvalue weighted by molar-refractivity contribution is -0.129. The molecule has 0 N–H and O–H groups in total. The highest BCUT2D eigenvalue weighted by Gasteiger charge is 2.25. The normalized spacial score (nSPS) is 14.4. The van der Waals surface area contributed by atoms with Crippen LogP contribution >= 0.6 is 34.4 Å². The Morgan fingerprint density at radius 3 is 2.16 bits per heavy atom. The lowest BCUT2D eigenvalue weighted by Crippen LogP contribution is -2.51. The van der Waals surface area contributed by atoms with Crippen molar-refractivity contribution in [2.24, 2.45) is 0 Å².